The Balaban J connectivity index is 2.74. The molecule has 0 spiro atoms. The predicted octanol–water partition coefficient (Wildman–Crippen LogP) is 1.69. The van der Waals surface area contributed by atoms with Crippen LogP contribution >= 0.6 is 27.3 Å². The van der Waals surface area contributed by atoms with Crippen molar-refractivity contribution in [3.05, 3.63) is 20.8 Å². The van der Waals surface area contributed by atoms with E-state index < -0.39 is 0 Å². The Labute approximate surface area is 72.6 Å². The highest BCUT2D eigenvalue weighted by atomic mass is 79.9. The van der Waals surface area contributed by atoms with Crippen LogP contribution in [0.4, 0.5) is 0 Å². The predicted molar refractivity (Wildman–Crippen MR) is 48.0 cm³/mol. The topological polar surface area (TPSA) is 38.0 Å². The average Bonchev–Trinajstić information content (AvgIpc) is 2.34. The summed E-state index contributed by atoms with van der Waals surface area (Å²) in [6.07, 6.45) is -0.0312. The van der Waals surface area contributed by atoms with E-state index in [2.05, 4.69) is 21.2 Å². The van der Waals surface area contributed by atoms with Gasteiger partial charge < -0.3 is 11.1 Å². The normalized spacial score (nSPS) is 13.5. The summed E-state index contributed by atoms with van der Waals surface area (Å²) in [6, 6.07) is 2.02. The zero-order chi connectivity index (χ0) is 7.56. The van der Waals surface area contributed by atoms with Gasteiger partial charge in [0, 0.05) is 14.7 Å². The molecule has 0 aliphatic carbocycles. The summed E-state index contributed by atoms with van der Waals surface area (Å²) < 4.78 is 1.10. The fourth-order valence-electron chi connectivity index (χ4n) is 0.634. The van der Waals surface area contributed by atoms with Crippen molar-refractivity contribution in [1.82, 2.24) is 5.32 Å². The van der Waals surface area contributed by atoms with E-state index in [1.165, 1.54) is 0 Å². The van der Waals surface area contributed by atoms with Crippen LogP contribution in [0.2, 0.25) is 0 Å². The summed E-state index contributed by atoms with van der Waals surface area (Å²) in [4.78, 5) is 1.15. The summed E-state index contributed by atoms with van der Waals surface area (Å²) in [7, 11) is 1.85. The third-order valence-corrected chi connectivity index (χ3v) is 2.98. The highest BCUT2D eigenvalue weighted by molar-refractivity contribution is 9.10. The summed E-state index contributed by atoms with van der Waals surface area (Å²) in [5.74, 6) is 0. The second-order valence-electron chi connectivity index (χ2n) is 1.93. The van der Waals surface area contributed by atoms with E-state index in [0.29, 0.717) is 0 Å². The van der Waals surface area contributed by atoms with Gasteiger partial charge in [0.1, 0.15) is 0 Å². The molecular formula is C6H9BrN2S. The second kappa shape index (κ2) is 3.48. The Morgan fingerprint density at radius 3 is 2.90 bits per heavy atom. The average molecular weight is 221 g/mol. The maximum Gasteiger partial charge on any atom is 0.0902 e. The van der Waals surface area contributed by atoms with Crippen LogP contribution < -0.4 is 11.1 Å². The van der Waals surface area contributed by atoms with Crippen LogP contribution in [0.3, 0.4) is 0 Å². The number of hydrogen-bond acceptors (Lipinski definition) is 3. The van der Waals surface area contributed by atoms with Crippen LogP contribution in [0.15, 0.2) is 15.9 Å². The summed E-state index contributed by atoms with van der Waals surface area (Å²) >= 11 is 5.00. The number of halogens is 1. The first-order chi connectivity index (χ1) is 4.74. The fraction of sp³-hybridized carbons (Fsp3) is 0.333. The molecule has 0 bridgehead atoms. The fourth-order valence-corrected chi connectivity index (χ4v) is 2.09. The van der Waals surface area contributed by atoms with E-state index in [-0.39, 0.29) is 6.17 Å². The molecule has 0 aliphatic heterocycles. The van der Waals surface area contributed by atoms with Gasteiger partial charge in [-0.05, 0) is 29.0 Å². The Morgan fingerprint density at radius 1 is 1.80 bits per heavy atom. The van der Waals surface area contributed by atoms with Crippen LogP contribution in [0.1, 0.15) is 11.0 Å². The minimum absolute atomic E-state index is 0.0312. The lowest BCUT2D eigenvalue weighted by atomic mass is 10.4. The number of thiophene rings is 1. The van der Waals surface area contributed by atoms with E-state index in [1.54, 1.807) is 11.3 Å². The van der Waals surface area contributed by atoms with Crippen LogP contribution in [0.5, 0.6) is 0 Å². The summed E-state index contributed by atoms with van der Waals surface area (Å²) in [5.41, 5.74) is 5.69. The van der Waals surface area contributed by atoms with Gasteiger partial charge in [-0.1, -0.05) is 0 Å². The van der Waals surface area contributed by atoms with E-state index >= 15 is 0 Å². The molecule has 2 nitrogen and oxygen atoms in total. The first-order valence-electron chi connectivity index (χ1n) is 2.91. The van der Waals surface area contributed by atoms with Gasteiger partial charge in [-0.2, -0.15) is 0 Å². The molecule has 1 heterocycles. The van der Waals surface area contributed by atoms with Gasteiger partial charge in [-0.25, -0.2) is 0 Å². The maximum atomic E-state index is 5.69. The third-order valence-electron chi connectivity index (χ3n) is 1.21. The number of nitrogens with one attached hydrogen (secondary N) is 1. The van der Waals surface area contributed by atoms with Crippen molar-refractivity contribution >= 4 is 27.3 Å². The molecule has 0 amide bonds. The summed E-state index contributed by atoms with van der Waals surface area (Å²) in [5, 5.41) is 4.98. The zero-order valence-corrected chi connectivity index (χ0v) is 8.00. The molecule has 1 aromatic heterocycles. The van der Waals surface area contributed by atoms with E-state index in [9.17, 15) is 0 Å². The minimum atomic E-state index is -0.0312. The number of rotatable bonds is 2. The van der Waals surface area contributed by atoms with Gasteiger partial charge in [0.2, 0.25) is 0 Å². The molecule has 1 unspecified atom stereocenters. The molecule has 56 valence electrons. The van der Waals surface area contributed by atoms with Crippen LogP contribution in [0, 0.1) is 0 Å². The van der Waals surface area contributed by atoms with E-state index in [1.807, 2.05) is 18.5 Å². The van der Waals surface area contributed by atoms with Gasteiger partial charge in [-0.15, -0.1) is 11.3 Å². The summed E-state index contributed by atoms with van der Waals surface area (Å²) in [6.45, 7) is 0. The molecule has 0 saturated carbocycles. The Kier molecular flexibility index (Phi) is 2.85. The first-order valence-corrected chi connectivity index (χ1v) is 4.58. The first kappa shape index (κ1) is 8.20. The zero-order valence-electron chi connectivity index (χ0n) is 5.60. The SMILES string of the molecule is CNC(N)c1cc(Br)cs1. The molecule has 0 saturated heterocycles. The Morgan fingerprint density at radius 2 is 2.50 bits per heavy atom. The molecule has 1 aromatic rings. The van der Waals surface area contributed by atoms with Gasteiger partial charge in [0.25, 0.3) is 0 Å². The van der Waals surface area contributed by atoms with Crippen molar-refractivity contribution in [1.29, 1.82) is 0 Å². The Hall–Kier alpha value is 0.1000. The molecular weight excluding hydrogens is 212 g/mol. The molecule has 0 fully saturated rings. The Bertz CT molecular complexity index is 211. The van der Waals surface area contributed by atoms with E-state index in [0.717, 1.165) is 9.35 Å². The third kappa shape index (κ3) is 1.79. The van der Waals surface area contributed by atoms with Gasteiger partial charge in [-0.3, -0.25) is 0 Å². The molecule has 1 rings (SSSR count). The number of nitrogens with two attached hydrogens (primary N) is 1. The smallest absolute Gasteiger partial charge is 0.0902 e. The van der Waals surface area contributed by atoms with E-state index in [4.69, 9.17) is 5.73 Å². The quantitative estimate of drug-likeness (QED) is 0.746. The van der Waals surface area contributed by atoms with Gasteiger partial charge in [0.05, 0.1) is 6.17 Å². The highest BCUT2D eigenvalue weighted by Gasteiger charge is 2.03. The molecule has 4 heteroatoms. The number of hydrogen-bond donors (Lipinski definition) is 2. The maximum absolute atomic E-state index is 5.69. The van der Waals surface area contributed by atoms with Crippen molar-refractivity contribution < 1.29 is 0 Å². The van der Waals surface area contributed by atoms with Crippen LogP contribution in [-0.2, 0) is 0 Å². The standard InChI is InChI=1S/C6H9BrN2S/c1-9-6(8)5-2-4(7)3-10-5/h2-3,6,9H,8H2,1H3. The van der Waals surface area contributed by atoms with Crippen molar-refractivity contribution in [2.75, 3.05) is 7.05 Å². The van der Waals surface area contributed by atoms with Crippen LogP contribution in [-0.4, -0.2) is 7.05 Å². The monoisotopic (exact) mass is 220 g/mol. The molecule has 0 radical (unpaired) electrons. The van der Waals surface area contributed by atoms with Crippen molar-refractivity contribution in [2.45, 2.75) is 6.17 Å². The van der Waals surface area contributed by atoms with Crippen molar-refractivity contribution in [2.24, 2.45) is 5.73 Å². The molecule has 0 aromatic carbocycles. The lowest BCUT2D eigenvalue weighted by molar-refractivity contribution is 0.633. The van der Waals surface area contributed by atoms with Crippen molar-refractivity contribution in [3.63, 3.8) is 0 Å². The lowest BCUT2D eigenvalue weighted by Crippen LogP contribution is -2.23. The van der Waals surface area contributed by atoms with Crippen LogP contribution in [0.25, 0.3) is 0 Å². The van der Waals surface area contributed by atoms with Gasteiger partial charge >= 0.3 is 0 Å². The molecule has 0 aliphatic rings. The van der Waals surface area contributed by atoms with Crippen molar-refractivity contribution in [3.8, 4) is 0 Å². The highest BCUT2D eigenvalue weighted by Crippen LogP contribution is 2.22. The molecule has 1 atom stereocenters. The molecule has 3 N–H and O–H groups in total. The molecule has 10 heavy (non-hydrogen) atoms. The minimum Gasteiger partial charge on any atom is -0.311 e. The second-order valence-corrected chi connectivity index (χ2v) is 3.79. The largest absolute Gasteiger partial charge is 0.311 e. The van der Waals surface area contributed by atoms with Gasteiger partial charge in [0.15, 0.2) is 0 Å². The lowest BCUT2D eigenvalue weighted by Gasteiger charge is -2.05.